The fourth-order valence-electron chi connectivity index (χ4n) is 1.98. The molecule has 0 unspecified atom stereocenters. The van der Waals surface area contributed by atoms with Crippen molar-refractivity contribution in [2.75, 3.05) is 0 Å². The Labute approximate surface area is 159 Å². The van der Waals surface area contributed by atoms with Crippen LogP contribution in [-0.2, 0) is 40.1 Å². The summed E-state index contributed by atoms with van der Waals surface area (Å²) in [7, 11) is 0. The van der Waals surface area contributed by atoms with Crippen molar-refractivity contribution in [2.24, 2.45) is 0 Å². The van der Waals surface area contributed by atoms with Gasteiger partial charge in [-0.15, -0.1) is 0 Å². The fourth-order valence-corrected chi connectivity index (χ4v) is 4.37. The maximum absolute atomic E-state index is 12.1. The zero-order chi connectivity index (χ0) is 22.3. The van der Waals surface area contributed by atoms with Crippen molar-refractivity contribution in [3.8, 4) is 0 Å². The van der Waals surface area contributed by atoms with Crippen LogP contribution in [-0.4, -0.2) is 92.6 Å². The second-order valence-electron chi connectivity index (χ2n) is 5.34. The number of rotatable bonds is 14. The van der Waals surface area contributed by atoms with Crippen molar-refractivity contribution in [1.29, 1.82) is 0 Å². The summed E-state index contributed by atoms with van der Waals surface area (Å²) in [6.07, 6.45) is -6.08. The van der Waals surface area contributed by atoms with E-state index in [9.17, 15) is 32.5 Å². The quantitative estimate of drug-likeness (QED) is 0.149. The Hall–Kier alpha value is -3.24. The predicted molar refractivity (Wildman–Crippen MR) is 78.4 cm³/mol. The summed E-state index contributed by atoms with van der Waals surface area (Å²) in [6.45, 7) is 0. The topological polar surface area (TPSA) is 259 Å². The van der Waals surface area contributed by atoms with Gasteiger partial charge in [0, 0.05) is 0 Å². The molecule has 0 saturated heterocycles. The molecule has 16 heteroatoms. The van der Waals surface area contributed by atoms with Crippen LogP contribution in [0.2, 0.25) is 0 Å². The Morgan fingerprint density at radius 3 is 0.929 bits per heavy atom. The molecule has 6 N–H and O–H groups in total. The number of carboxylic acids is 6. The molecule has 28 heavy (non-hydrogen) atoms. The van der Waals surface area contributed by atoms with Crippen LogP contribution in [0.1, 0.15) is 25.7 Å². The molecule has 0 aromatic heterocycles. The molecule has 15 nitrogen and oxygen atoms in total. The standard InChI is InChI=1S/C12H14GeO15/c14-5(15)1-11(9(22)23,2-6(16)17)27-13(26)28-12(10(24)25,3-7(18)19)4-8(20)21/h1-4H2,(H,14,15)(H,16,17)(H,18,19)(H,20,21)(H,22,23)(H,24,25). The number of hydrogen-bond acceptors (Lipinski definition) is 9. The first-order valence-corrected chi connectivity index (χ1v) is 9.49. The van der Waals surface area contributed by atoms with Crippen molar-refractivity contribution in [3.05, 3.63) is 0 Å². The average Bonchev–Trinajstić information content (AvgIpc) is 2.42. The van der Waals surface area contributed by atoms with E-state index >= 15 is 0 Å². The molecular weight excluding hydrogens is 457 g/mol. The molecule has 0 aliphatic carbocycles. The molecular formula is C12H14GeO15. The van der Waals surface area contributed by atoms with Gasteiger partial charge < -0.3 is 0 Å². The summed E-state index contributed by atoms with van der Waals surface area (Å²) in [5, 5.41) is 53.4. The molecule has 0 aliphatic rings. The molecule has 0 fully saturated rings. The van der Waals surface area contributed by atoms with Gasteiger partial charge in [0.05, 0.1) is 0 Å². The molecule has 0 atom stereocenters. The zero-order valence-corrected chi connectivity index (χ0v) is 15.8. The number of aliphatic carboxylic acids is 6. The first kappa shape index (κ1) is 24.8. The Morgan fingerprint density at radius 2 is 0.786 bits per heavy atom. The van der Waals surface area contributed by atoms with Gasteiger partial charge >= 0.3 is 158 Å². The van der Waals surface area contributed by atoms with Gasteiger partial charge in [0.15, 0.2) is 0 Å². The van der Waals surface area contributed by atoms with Crippen molar-refractivity contribution in [3.63, 3.8) is 0 Å². The monoisotopic (exact) mass is 472 g/mol. The molecule has 0 saturated carbocycles. The van der Waals surface area contributed by atoms with Crippen LogP contribution in [0, 0.1) is 0 Å². The van der Waals surface area contributed by atoms with Crippen molar-refractivity contribution in [2.45, 2.75) is 36.9 Å². The van der Waals surface area contributed by atoms with E-state index in [0.29, 0.717) is 0 Å². The summed E-state index contributed by atoms with van der Waals surface area (Å²) in [6, 6.07) is 0. The Kier molecular flexibility index (Phi) is 8.51. The van der Waals surface area contributed by atoms with Crippen LogP contribution in [0.3, 0.4) is 0 Å². The number of carboxylic acid groups (broad SMARTS) is 6. The zero-order valence-electron chi connectivity index (χ0n) is 13.7. The average molecular weight is 471 g/mol. The third-order valence-corrected chi connectivity index (χ3v) is 5.42. The van der Waals surface area contributed by atoms with Gasteiger partial charge in [-0.1, -0.05) is 0 Å². The predicted octanol–water partition coefficient (Wildman–Crippen LogP) is -2.02. The van der Waals surface area contributed by atoms with Gasteiger partial charge in [-0.05, 0) is 0 Å². The van der Waals surface area contributed by atoms with Crippen LogP contribution in [0.15, 0.2) is 0 Å². The molecule has 0 bridgehead atoms. The van der Waals surface area contributed by atoms with E-state index in [1.54, 1.807) is 0 Å². The first-order valence-electron chi connectivity index (χ1n) is 6.92. The molecule has 0 aromatic rings. The van der Waals surface area contributed by atoms with E-state index in [1.165, 1.54) is 0 Å². The minimum atomic E-state index is -5.19. The third kappa shape index (κ3) is 7.18. The molecule has 0 rings (SSSR count). The van der Waals surface area contributed by atoms with E-state index in [1.807, 2.05) is 0 Å². The van der Waals surface area contributed by atoms with Crippen molar-refractivity contribution in [1.82, 2.24) is 0 Å². The number of carbonyl (C=O) groups is 6. The second-order valence-corrected chi connectivity index (χ2v) is 7.24. The van der Waals surface area contributed by atoms with Gasteiger partial charge in [-0.2, -0.15) is 0 Å². The van der Waals surface area contributed by atoms with E-state index in [2.05, 4.69) is 7.53 Å². The maximum atomic E-state index is 12.1. The summed E-state index contributed by atoms with van der Waals surface area (Å²) in [5.41, 5.74) is -6.27. The Balaban J connectivity index is 5.97. The van der Waals surface area contributed by atoms with Crippen LogP contribution in [0.4, 0.5) is 0 Å². The van der Waals surface area contributed by atoms with Crippen molar-refractivity contribution < 1.29 is 70.7 Å². The molecule has 156 valence electrons. The molecule has 0 aromatic carbocycles. The Bertz CT molecular complexity index is 620. The molecule has 0 aliphatic heterocycles. The third-order valence-electron chi connectivity index (χ3n) is 3.08. The summed E-state index contributed by atoms with van der Waals surface area (Å²) in [5.74, 6) is -11.9. The SMILES string of the molecule is O=C(O)CC(CC(=O)O)([O][Ge](=[O])[O]C(CC(=O)O)(CC(=O)O)C(=O)O)C(=O)O. The van der Waals surface area contributed by atoms with Crippen LogP contribution >= 0.6 is 0 Å². The van der Waals surface area contributed by atoms with Gasteiger partial charge in [0.2, 0.25) is 0 Å². The van der Waals surface area contributed by atoms with E-state index in [0.717, 1.165) is 0 Å². The molecule has 0 radical (unpaired) electrons. The minimum absolute atomic E-state index is 1.52. The van der Waals surface area contributed by atoms with Gasteiger partial charge in [0.1, 0.15) is 0 Å². The normalized spacial score (nSPS) is 11.1. The summed E-state index contributed by atoms with van der Waals surface area (Å²) >= 11 is -5.19. The van der Waals surface area contributed by atoms with E-state index < -0.39 is 87.7 Å². The summed E-state index contributed by atoms with van der Waals surface area (Å²) < 4.78 is 21.1. The van der Waals surface area contributed by atoms with Gasteiger partial charge in [0.25, 0.3) is 0 Å². The van der Waals surface area contributed by atoms with E-state index in [-0.39, 0.29) is 0 Å². The molecule has 0 spiro atoms. The van der Waals surface area contributed by atoms with Crippen LogP contribution in [0.5, 0.6) is 0 Å². The van der Waals surface area contributed by atoms with Gasteiger partial charge in [-0.25, -0.2) is 0 Å². The Morgan fingerprint density at radius 1 is 0.571 bits per heavy atom. The first-order chi connectivity index (χ1) is 12.7. The second kappa shape index (κ2) is 9.63. The van der Waals surface area contributed by atoms with E-state index in [4.69, 9.17) is 30.6 Å². The fraction of sp³-hybridized carbons (Fsp3) is 0.500. The molecule has 0 amide bonds. The van der Waals surface area contributed by atoms with Gasteiger partial charge in [-0.3, -0.25) is 0 Å². The number of hydrogen-bond donors (Lipinski definition) is 6. The van der Waals surface area contributed by atoms with Crippen molar-refractivity contribution >= 4 is 50.8 Å². The van der Waals surface area contributed by atoms with Crippen LogP contribution < -0.4 is 0 Å². The summed E-state index contributed by atoms with van der Waals surface area (Å²) in [4.78, 5) is 66.1. The molecule has 0 heterocycles. The van der Waals surface area contributed by atoms with Crippen LogP contribution in [0.25, 0.3) is 0 Å².